The van der Waals surface area contributed by atoms with Crippen LogP contribution in [-0.2, 0) is 9.53 Å². The van der Waals surface area contributed by atoms with Gasteiger partial charge in [-0.15, -0.1) is 0 Å². The second-order valence-corrected chi connectivity index (χ2v) is 3.19. The molecule has 0 aromatic carbocycles. The van der Waals surface area contributed by atoms with Crippen molar-refractivity contribution in [2.75, 3.05) is 33.4 Å². The summed E-state index contributed by atoms with van der Waals surface area (Å²) in [5, 5.41) is 5.36. The minimum atomic E-state index is -4.26. The van der Waals surface area contributed by atoms with Gasteiger partial charge in [0.2, 0.25) is 5.91 Å². The van der Waals surface area contributed by atoms with Crippen LogP contribution in [0.1, 0.15) is 12.8 Å². The van der Waals surface area contributed by atoms with E-state index in [1.54, 1.807) is 7.05 Å². The van der Waals surface area contributed by atoms with Gasteiger partial charge in [-0.3, -0.25) is 4.79 Å². The Morgan fingerprint density at radius 2 is 2.00 bits per heavy atom. The van der Waals surface area contributed by atoms with Crippen molar-refractivity contribution in [3.63, 3.8) is 0 Å². The summed E-state index contributed by atoms with van der Waals surface area (Å²) in [5.74, 6) is -0.0462. The molecule has 0 aliphatic heterocycles. The fourth-order valence-electron chi connectivity index (χ4n) is 0.956. The predicted octanol–water partition coefficient (Wildman–Crippen LogP) is 0.681. The molecule has 4 nitrogen and oxygen atoms in total. The molecule has 0 rings (SSSR count). The topological polar surface area (TPSA) is 50.4 Å². The van der Waals surface area contributed by atoms with Crippen LogP contribution in [0.4, 0.5) is 13.2 Å². The summed E-state index contributed by atoms with van der Waals surface area (Å²) in [6.07, 6.45) is -3.20. The van der Waals surface area contributed by atoms with E-state index in [9.17, 15) is 18.0 Å². The fraction of sp³-hybridized carbons (Fsp3) is 0.889. The molecule has 0 bridgehead atoms. The van der Waals surface area contributed by atoms with Gasteiger partial charge in [0, 0.05) is 20.0 Å². The summed E-state index contributed by atoms with van der Waals surface area (Å²) in [6.45, 7) is -0.265. The maximum atomic E-state index is 11.6. The summed E-state index contributed by atoms with van der Waals surface area (Å²) < 4.78 is 39.3. The van der Waals surface area contributed by atoms with Crippen LogP contribution < -0.4 is 10.6 Å². The lowest BCUT2D eigenvalue weighted by Gasteiger charge is -2.08. The summed E-state index contributed by atoms with van der Waals surface area (Å²) >= 11 is 0. The lowest BCUT2D eigenvalue weighted by Crippen LogP contribution is -2.25. The van der Waals surface area contributed by atoms with Crippen LogP contribution in [0.15, 0.2) is 0 Å². The van der Waals surface area contributed by atoms with E-state index in [1.165, 1.54) is 0 Å². The van der Waals surface area contributed by atoms with E-state index in [1.807, 2.05) is 0 Å². The first-order valence-corrected chi connectivity index (χ1v) is 5.01. The van der Waals surface area contributed by atoms with Gasteiger partial charge in [-0.05, 0) is 13.0 Å². The Kier molecular flexibility index (Phi) is 7.92. The van der Waals surface area contributed by atoms with E-state index in [4.69, 9.17) is 0 Å². The SMILES string of the molecule is CNC(=O)CCCNCCOCC(F)(F)F. The second-order valence-electron chi connectivity index (χ2n) is 3.19. The summed E-state index contributed by atoms with van der Waals surface area (Å²) in [5.41, 5.74) is 0. The van der Waals surface area contributed by atoms with E-state index in [0.717, 1.165) is 0 Å². The Hall–Kier alpha value is -0.820. The van der Waals surface area contributed by atoms with Gasteiger partial charge in [0.1, 0.15) is 6.61 Å². The van der Waals surface area contributed by atoms with Crippen molar-refractivity contribution in [3.05, 3.63) is 0 Å². The molecule has 2 N–H and O–H groups in total. The third-order valence-corrected chi connectivity index (χ3v) is 1.73. The maximum absolute atomic E-state index is 11.6. The largest absolute Gasteiger partial charge is 0.411 e. The minimum Gasteiger partial charge on any atom is -0.371 e. The molecule has 96 valence electrons. The van der Waals surface area contributed by atoms with Crippen LogP contribution in [-0.4, -0.2) is 45.4 Å². The summed E-state index contributed by atoms with van der Waals surface area (Å²) in [7, 11) is 1.56. The van der Waals surface area contributed by atoms with Crippen molar-refractivity contribution in [1.29, 1.82) is 0 Å². The Balaban J connectivity index is 3.13. The van der Waals surface area contributed by atoms with Crippen LogP contribution in [0.25, 0.3) is 0 Å². The van der Waals surface area contributed by atoms with Gasteiger partial charge in [0.05, 0.1) is 6.61 Å². The minimum absolute atomic E-state index is 0.0134. The molecule has 0 saturated carbocycles. The van der Waals surface area contributed by atoms with Gasteiger partial charge >= 0.3 is 6.18 Å². The average Bonchev–Trinajstić information content (AvgIpc) is 2.20. The van der Waals surface area contributed by atoms with E-state index in [0.29, 0.717) is 25.9 Å². The highest BCUT2D eigenvalue weighted by molar-refractivity contribution is 5.75. The van der Waals surface area contributed by atoms with Crippen LogP contribution in [0.5, 0.6) is 0 Å². The van der Waals surface area contributed by atoms with Crippen molar-refractivity contribution < 1.29 is 22.7 Å². The molecule has 0 aliphatic carbocycles. The standard InChI is InChI=1S/C9H17F3N2O2/c1-13-8(15)3-2-4-14-5-6-16-7-9(10,11)12/h14H,2-7H2,1H3,(H,13,15). The maximum Gasteiger partial charge on any atom is 0.411 e. The zero-order valence-electron chi connectivity index (χ0n) is 9.19. The first-order chi connectivity index (χ1) is 7.45. The zero-order valence-corrected chi connectivity index (χ0v) is 9.19. The Labute approximate surface area is 92.5 Å². The number of amides is 1. The molecule has 0 aromatic rings. The van der Waals surface area contributed by atoms with E-state index >= 15 is 0 Å². The highest BCUT2D eigenvalue weighted by Crippen LogP contribution is 2.13. The highest BCUT2D eigenvalue weighted by Gasteiger charge is 2.27. The number of alkyl halides is 3. The number of halogens is 3. The molecule has 0 radical (unpaired) electrons. The molecular formula is C9H17F3N2O2. The van der Waals surface area contributed by atoms with Gasteiger partial charge in [-0.2, -0.15) is 13.2 Å². The van der Waals surface area contributed by atoms with Crippen molar-refractivity contribution in [2.45, 2.75) is 19.0 Å². The third-order valence-electron chi connectivity index (χ3n) is 1.73. The molecule has 7 heteroatoms. The second kappa shape index (κ2) is 8.35. The Morgan fingerprint density at radius 3 is 2.56 bits per heavy atom. The van der Waals surface area contributed by atoms with E-state index in [2.05, 4.69) is 15.4 Å². The van der Waals surface area contributed by atoms with Crippen molar-refractivity contribution in [1.82, 2.24) is 10.6 Å². The lowest BCUT2D eigenvalue weighted by atomic mass is 10.3. The number of rotatable bonds is 8. The molecule has 0 spiro atoms. The number of carbonyl (C=O) groups excluding carboxylic acids is 1. The van der Waals surface area contributed by atoms with Crippen LogP contribution in [0.3, 0.4) is 0 Å². The molecular weight excluding hydrogens is 225 g/mol. The fourth-order valence-corrected chi connectivity index (χ4v) is 0.956. The van der Waals surface area contributed by atoms with Crippen LogP contribution in [0.2, 0.25) is 0 Å². The van der Waals surface area contributed by atoms with Crippen LogP contribution >= 0.6 is 0 Å². The molecule has 0 heterocycles. The number of nitrogens with one attached hydrogen (secondary N) is 2. The number of carbonyl (C=O) groups is 1. The third kappa shape index (κ3) is 11.3. The molecule has 1 amide bonds. The highest BCUT2D eigenvalue weighted by atomic mass is 19.4. The quantitative estimate of drug-likeness (QED) is 0.615. The molecule has 0 aromatic heterocycles. The molecule has 0 aliphatic rings. The lowest BCUT2D eigenvalue weighted by molar-refractivity contribution is -0.173. The molecule has 0 saturated heterocycles. The van der Waals surface area contributed by atoms with Gasteiger partial charge < -0.3 is 15.4 Å². The molecule has 0 atom stereocenters. The number of ether oxygens (including phenoxy) is 1. The first-order valence-electron chi connectivity index (χ1n) is 5.01. The molecule has 16 heavy (non-hydrogen) atoms. The van der Waals surface area contributed by atoms with Gasteiger partial charge in [0.15, 0.2) is 0 Å². The molecule has 0 fully saturated rings. The van der Waals surface area contributed by atoms with Crippen molar-refractivity contribution >= 4 is 5.91 Å². The monoisotopic (exact) mass is 242 g/mol. The summed E-state index contributed by atoms with van der Waals surface area (Å²) in [6, 6.07) is 0. The zero-order chi connectivity index (χ0) is 12.4. The average molecular weight is 242 g/mol. The van der Waals surface area contributed by atoms with Gasteiger partial charge in [0.25, 0.3) is 0 Å². The number of hydrogen-bond donors (Lipinski definition) is 2. The van der Waals surface area contributed by atoms with Gasteiger partial charge in [-0.25, -0.2) is 0 Å². The Morgan fingerprint density at radius 1 is 1.31 bits per heavy atom. The molecule has 0 unspecified atom stereocenters. The smallest absolute Gasteiger partial charge is 0.371 e. The van der Waals surface area contributed by atoms with Crippen molar-refractivity contribution in [3.8, 4) is 0 Å². The van der Waals surface area contributed by atoms with Gasteiger partial charge in [-0.1, -0.05) is 0 Å². The first kappa shape index (κ1) is 15.2. The normalized spacial score (nSPS) is 11.5. The Bertz CT molecular complexity index is 198. The van der Waals surface area contributed by atoms with Crippen molar-refractivity contribution in [2.24, 2.45) is 0 Å². The number of hydrogen-bond acceptors (Lipinski definition) is 3. The summed E-state index contributed by atoms with van der Waals surface area (Å²) in [4.78, 5) is 10.8. The van der Waals surface area contributed by atoms with E-state index in [-0.39, 0.29) is 12.5 Å². The van der Waals surface area contributed by atoms with Crippen LogP contribution in [0, 0.1) is 0 Å². The van der Waals surface area contributed by atoms with E-state index < -0.39 is 12.8 Å². The predicted molar refractivity (Wildman–Crippen MR) is 53.0 cm³/mol.